The van der Waals surface area contributed by atoms with Crippen LogP contribution in [0.3, 0.4) is 0 Å². The second-order valence-electron chi connectivity index (χ2n) is 8.30. The Hall–Kier alpha value is -3.22. The van der Waals surface area contributed by atoms with Crippen LogP contribution in [0.2, 0.25) is 0 Å². The van der Waals surface area contributed by atoms with Crippen LogP contribution in [0.15, 0.2) is 42.6 Å². The minimum Gasteiger partial charge on any atom is -0.368 e. The summed E-state index contributed by atoms with van der Waals surface area (Å²) in [6.45, 7) is 4.04. The van der Waals surface area contributed by atoms with Gasteiger partial charge in [0.1, 0.15) is 5.54 Å². The second kappa shape index (κ2) is 7.89. The van der Waals surface area contributed by atoms with Crippen LogP contribution in [-0.2, 0) is 4.79 Å². The molecule has 3 N–H and O–H groups in total. The van der Waals surface area contributed by atoms with Gasteiger partial charge in [0.05, 0.1) is 22.8 Å². The van der Waals surface area contributed by atoms with Crippen LogP contribution < -0.4 is 11.1 Å². The highest BCUT2D eigenvalue weighted by Gasteiger charge is 2.39. The number of fused-ring (bicyclic) bond motifs is 1. The highest BCUT2D eigenvalue weighted by atomic mass is 16.2. The summed E-state index contributed by atoms with van der Waals surface area (Å²) in [6.07, 6.45) is 5.59. The third-order valence-corrected chi connectivity index (χ3v) is 5.90. The van der Waals surface area contributed by atoms with Crippen molar-refractivity contribution >= 4 is 22.8 Å². The average Bonchev–Trinajstić information content (AvgIpc) is 3.18. The molecule has 0 atom stereocenters. The topological polar surface area (TPSA) is 103 Å². The first kappa shape index (κ1) is 20.1. The number of benzene rings is 1. The van der Waals surface area contributed by atoms with Crippen molar-refractivity contribution in [2.75, 3.05) is 0 Å². The molecule has 1 fully saturated rings. The zero-order chi connectivity index (χ0) is 21.3. The fourth-order valence-corrected chi connectivity index (χ4v) is 4.21. The number of aromatic nitrogens is 3. The summed E-state index contributed by atoms with van der Waals surface area (Å²) in [5.41, 5.74) is 7.43. The van der Waals surface area contributed by atoms with Gasteiger partial charge in [0, 0.05) is 11.6 Å². The predicted molar refractivity (Wildman–Crippen MR) is 116 cm³/mol. The van der Waals surface area contributed by atoms with Crippen LogP contribution in [0.5, 0.6) is 0 Å². The van der Waals surface area contributed by atoms with Crippen molar-refractivity contribution in [3.05, 3.63) is 48.2 Å². The van der Waals surface area contributed by atoms with Crippen molar-refractivity contribution in [3.8, 4) is 11.3 Å². The number of hydrogen-bond donors (Lipinski definition) is 2. The molecule has 7 nitrogen and oxygen atoms in total. The third-order valence-electron chi connectivity index (χ3n) is 5.90. The van der Waals surface area contributed by atoms with Gasteiger partial charge in [-0.05, 0) is 32.8 Å². The number of amides is 2. The summed E-state index contributed by atoms with van der Waals surface area (Å²) in [6, 6.07) is 11.6. The Balaban J connectivity index is 1.82. The lowest BCUT2D eigenvalue weighted by atomic mass is 9.81. The Kier molecular flexibility index (Phi) is 5.28. The smallest absolute Gasteiger partial charge is 0.253 e. The first-order valence-electron chi connectivity index (χ1n) is 10.5. The molecule has 3 aromatic rings. The molecule has 0 radical (unpaired) electrons. The summed E-state index contributed by atoms with van der Waals surface area (Å²) in [5, 5.41) is 8.10. The number of hydrogen-bond acceptors (Lipinski definition) is 4. The Morgan fingerprint density at radius 2 is 1.83 bits per heavy atom. The molecule has 1 aromatic carbocycles. The fraction of sp³-hybridized carbons (Fsp3) is 0.391. The van der Waals surface area contributed by atoms with E-state index in [2.05, 4.69) is 10.4 Å². The quantitative estimate of drug-likeness (QED) is 0.677. The number of nitrogens with one attached hydrogen (secondary N) is 1. The van der Waals surface area contributed by atoms with Crippen LogP contribution in [0, 0.1) is 0 Å². The maximum atomic E-state index is 13.4. The normalized spacial score (nSPS) is 16.0. The molecule has 0 aliphatic heterocycles. The first-order valence-corrected chi connectivity index (χ1v) is 10.5. The summed E-state index contributed by atoms with van der Waals surface area (Å²) in [4.78, 5) is 30.5. The average molecular weight is 406 g/mol. The summed E-state index contributed by atoms with van der Waals surface area (Å²) < 4.78 is 1.81. The molecular formula is C23H27N5O2. The molecule has 2 aromatic heterocycles. The van der Waals surface area contributed by atoms with Gasteiger partial charge in [-0.3, -0.25) is 9.59 Å². The minimum absolute atomic E-state index is 0.0900. The number of rotatable bonds is 5. The van der Waals surface area contributed by atoms with Crippen LogP contribution in [-0.4, -0.2) is 32.1 Å². The van der Waals surface area contributed by atoms with E-state index in [1.807, 2.05) is 48.9 Å². The van der Waals surface area contributed by atoms with E-state index in [0.717, 1.165) is 24.8 Å². The maximum Gasteiger partial charge on any atom is 0.253 e. The number of pyridine rings is 1. The molecular weight excluding hydrogens is 378 g/mol. The molecule has 4 rings (SSSR count). The molecule has 0 spiro atoms. The molecule has 0 unspecified atom stereocenters. The SMILES string of the molecule is CC(C)n1ncc2c(C(=O)NC3(C(N)=O)CCCCC3)cc(-c3ccccc3)nc21. The fourth-order valence-electron chi connectivity index (χ4n) is 4.21. The Bertz CT molecular complexity index is 1080. The van der Waals surface area contributed by atoms with Crippen molar-refractivity contribution in [3.63, 3.8) is 0 Å². The summed E-state index contributed by atoms with van der Waals surface area (Å²) >= 11 is 0. The van der Waals surface area contributed by atoms with Gasteiger partial charge in [0.15, 0.2) is 5.65 Å². The molecule has 0 bridgehead atoms. The van der Waals surface area contributed by atoms with E-state index < -0.39 is 11.4 Å². The van der Waals surface area contributed by atoms with Gasteiger partial charge in [-0.15, -0.1) is 0 Å². The molecule has 30 heavy (non-hydrogen) atoms. The zero-order valence-electron chi connectivity index (χ0n) is 17.4. The van der Waals surface area contributed by atoms with Crippen LogP contribution in [0.25, 0.3) is 22.3 Å². The van der Waals surface area contributed by atoms with E-state index in [1.54, 1.807) is 12.3 Å². The molecule has 1 aliphatic carbocycles. The van der Waals surface area contributed by atoms with Crippen molar-refractivity contribution < 1.29 is 9.59 Å². The molecule has 7 heteroatoms. The number of carbonyl (C=O) groups is 2. The molecule has 1 saturated carbocycles. The number of carbonyl (C=O) groups excluding carboxylic acids is 2. The minimum atomic E-state index is -0.994. The van der Waals surface area contributed by atoms with Crippen molar-refractivity contribution in [2.24, 2.45) is 5.73 Å². The van der Waals surface area contributed by atoms with E-state index >= 15 is 0 Å². The van der Waals surface area contributed by atoms with E-state index in [1.165, 1.54) is 0 Å². The van der Waals surface area contributed by atoms with Gasteiger partial charge in [-0.25, -0.2) is 9.67 Å². The molecule has 0 saturated heterocycles. The number of primary amides is 1. The highest BCUT2D eigenvalue weighted by Crippen LogP contribution is 2.30. The Morgan fingerprint density at radius 3 is 2.47 bits per heavy atom. The van der Waals surface area contributed by atoms with Gasteiger partial charge in [-0.1, -0.05) is 49.6 Å². The summed E-state index contributed by atoms with van der Waals surface area (Å²) in [7, 11) is 0. The van der Waals surface area contributed by atoms with Crippen molar-refractivity contribution in [1.82, 2.24) is 20.1 Å². The lowest BCUT2D eigenvalue weighted by Gasteiger charge is -2.35. The lowest BCUT2D eigenvalue weighted by Crippen LogP contribution is -2.58. The van der Waals surface area contributed by atoms with E-state index in [0.29, 0.717) is 35.1 Å². The van der Waals surface area contributed by atoms with Crippen molar-refractivity contribution in [2.45, 2.75) is 57.5 Å². The van der Waals surface area contributed by atoms with Gasteiger partial charge in [-0.2, -0.15) is 5.10 Å². The zero-order valence-corrected chi connectivity index (χ0v) is 17.4. The van der Waals surface area contributed by atoms with Gasteiger partial charge < -0.3 is 11.1 Å². The van der Waals surface area contributed by atoms with E-state index in [4.69, 9.17) is 10.7 Å². The number of nitrogens with two attached hydrogens (primary N) is 1. The maximum absolute atomic E-state index is 13.4. The van der Waals surface area contributed by atoms with E-state index in [9.17, 15) is 9.59 Å². The Labute approximate surface area is 175 Å². The Morgan fingerprint density at radius 1 is 1.13 bits per heavy atom. The van der Waals surface area contributed by atoms with E-state index in [-0.39, 0.29) is 11.9 Å². The molecule has 2 heterocycles. The second-order valence-corrected chi connectivity index (χ2v) is 8.30. The monoisotopic (exact) mass is 405 g/mol. The lowest BCUT2D eigenvalue weighted by molar-refractivity contribution is -0.125. The van der Waals surface area contributed by atoms with Gasteiger partial charge in [0.25, 0.3) is 5.91 Å². The molecule has 1 aliphatic rings. The van der Waals surface area contributed by atoms with Crippen molar-refractivity contribution in [1.29, 1.82) is 0 Å². The highest BCUT2D eigenvalue weighted by molar-refractivity contribution is 6.08. The largest absolute Gasteiger partial charge is 0.368 e. The third kappa shape index (κ3) is 3.56. The van der Waals surface area contributed by atoms with Gasteiger partial charge in [0.2, 0.25) is 5.91 Å². The van der Waals surface area contributed by atoms with Crippen LogP contribution in [0.4, 0.5) is 0 Å². The summed E-state index contributed by atoms with van der Waals surface area (Å²) in [5.74, 6) is -0.786. The molecule has 2 amide bonds. The standard InChI is InChI=1S/C23H27N5O2/c1-15(2)28-20-18(14-25-28)17(13-19(26-20)16-9-5-3-6-10-16)21(29)27-23(22(24)30)11-7-4-8-12-23/h3,5-6,9-10,13-15H,4,7-8,11-12H2,1-2H3,(H2,24,30)(H,27,29). The van der Waals surface area contributed by atoms with Crippen LogP contribution in [0.1, 0.15) is 62.4 Å². The number of nitrogens with zero attached hydrogens (tertiary/aromatic N) is 3. The first-order chi connectivity index (χ1) is 14.4. The molecule has 156 valence electrons. The predicted octanol–water partition coefficient (Wildman–Crippen LogP) is 3.60. The van der Waals surface area contributed by atoms with Gasteiger partial charge >= 0.3 is 0 Å². The van der Waals surface area contributed by atoms with Crippen LogP contribution >= 0.6 is 0 Å².